The molecule has 7 heteroatoms. The lowest BCUT2D eigenvalue weighted by atomic mass is 10.1. The first-order valence-electron chi connectivity index (χ1n) is 5.72. The molecule has 0 heterocycles. The van der Waals surface area contributed by atoms with E-state index in [2.05, 4.69) is 5.32 Å². The van der Waals surface area contributed by atoms with Crippen LogP contribution in [0, 0.1) is 0 Å². The number of carboxylic acid groups (broad SMARTS) is 1. The summed E-state index contributed by atoms with van der Waals surface area (Å²) in [6.45, 7) is 2.10. The highest BCUT2D eigenvalue weighted by Gasteiger charge is 2.16. The molecule has 0 bridgehead atoms. The summed E-state index contributed by atoms with van der Waals surface area (Å²) in [4.78, 5) is 24.2. The minimum Gasteiger partial charge on any atom is -0.508 e. The van der Waals surface area contributed by atoms with Crippen molar-refractivity contribution >= 4 is 17.7 Å². The molecule has 4 N–H and O–H groups in total. The fourth-order valence-electron chi connectivity index (χ4n) is 1.54. The Hall–Kier alpha value is -2.28. The minimum atomic E-state index is -1.25. The van der Waals surface area contributed by atoms with Gasteiger partial charge >= 0.3 is 12.0 Å². The first-order valence-corrected chi connectivity index (χ1v) is 5.72. The van der Waals surface area contributed by atoms with Crippen molar-refractivity contribution < 1.29 is 24.9 Å². The summed E-state index contributed by atoms with van der Waals surface area (Å²) in [6, 6.07) is 3.14. The highest BCUT2D eigenvalue weighted by molar-refractivity contribution is 6.00. The van der Waals surface area contributed by atoms with Crippen LogP contribution in [0.3, 0.4) is 0 Å². The quantitative estimate of drug-likeness (QED) is 0.594. The standard InChI is InChI=1S/C12H16N2O5/c1-2-14(5-6-15)12(19)13-10-4-3-8(16)7-9(10)11(17)18/h3-4,7,15-16H,2,5-6H2,1H3,(H,13,19)(H,17,18). The first kappa shape index (κ1) is 14.8. The number of aromatic hydroxyl groups is 1. The van der Waals surface area contributed by atoms with E-state index in [-0.39, 0.29) is 30.2 Å². The number of carbonyl (C=O) groups is 2. The maximum Gasteiger partial charge on any atom is 0.337 e. The van der Waals surface area contributed by atoms with Crippen LogP contribution in [0.1, 0.15) is 17.3 Å². The molecule has 0 saturated heterocycles. The minimum absolute atomic E-state index is 0.0895. The Bertz CT molecular complexity index is 475. The van der Waals surface area contributed by atoms with Gasteiger partial charge in [0, 0.05) is 13.1 Å². The Morgan fingerprint density at radius 1 is 1.37 bits per heavy atom. The number of likely N-dealkylation sites (N-methyl/N-ethyl adjacent to an activating group) is 1. The zero-order chi connectivity index (χ0) is 14.4. The number of carboxylic acids is 1. The number of anilines is 1. The van der Waals surface area contributed by atoms with Crippen LogP contribution >= 0.6 is 0 Å². The van der Waals surface area contributed by atoms with Gasteiger partial charge in [0.2, 0.25) is 0 Å². The molecule has 0 aliphatic carbocycles. The first-order chi connectivity index (χ1) is 8.99. The number of aliphatic hydroxyl groups is 1. The van der Waals surface area contributed by atoms with Crippen molar-refractivity contribution in [3.05, 3.63) is 23.8 Å². The van der Waals surface area contributed by atoms with E-state index in [0.29, 0.717) is 6.54 Å². The van der Waals surface area contributed by atoms with Gasteiger partial charge in [-0.1, -0.05) is 0 Å². The zero-order valence-corrected chi connectivity index (χ0v) is 10.5. The number of aliphatic hydroxyl groups excluding tert-OH is 1. The predicted molar refractivity (Wildman–Crippen MR) is 68.4 cm³/mol. The molecule has 1 aromatic rings. The van der Waals surface area contributed by atoms with Gasteiger partial charge in [0.1, 0.15) is 5.75 Å². The normalized spacial score (nSPS) is 10.0. The van der Waals surface area contributed by atoms with Gasteiger partial charge in [0.15, 0.2) is 0 Å². The molecule has 0 spiro atoms. The number of nitrogens with one attached hydrogen (secondary N) is 1. The van der Waals surface area contributed by atoms with Gasteiger partial charge in [-0.25, -0.2) is 9.59 Å². The lowest BCUT2D eigenvalue weighted by Crippen LogP contribution is -2.37. The molecule has 0 unspecified atom stereocenters. The van der Waals surface area contributed by atoms with Crippen molar-refractivity contribution in [1.29, 1.82) is 0 Å². The highest BCUT2D eigenvalue weighted by Crippen LogP contribution is 2.21. The second-order valence-corrected chi connectivity index (χ2v) is 3.77. The van der Waals surface area contributed by atoms with E-state index in [4.69, 9.17) is 10.2 Å². The van der Waals surface area contributed by atoms with Gasteiger partial charge in [-0.05, 0) is 25.1 Å². The number of hydrogen-bond acceptors (Lipinski definition) is 4. The van der Waals surface area contributed by atoms with E-state index in [1.807, 2.05) is 0 Å². The van der Waals surface area contributed by atoms with E-state index in [1.165, 1.54) is 17.0 Å². The smallest absolute Gasteiger partial charge is 0.337 e. The van der Waals surface area contributed by atoms with E-state index >= 15 is 0 Å². The van der Waals surface area contributed by atoms with Crippen LogP contribution in [0.15, 0.2) is 18.2 Å². The topological polar surface area (TPSA) is 110 Å². The summed E-state index contributed by atoms with van der Waals surface area (Å²) in [6.07, 6.45) is 0. The van der Waals surface area contributed by atoms with Gasteiger partial charge in [-0.15, -0.1) is 0 Å². The number of amides is 2. The molecule has 7 nitrogen and oxygen atoms in total. The molecule has 1 rings (SSSR count). The van der Waals surface area contributed by atoms with Gasteiger partial charge in [-0.3, -0.25) is 0 Å². The molecule has 104 valence electrons. The number of rotatable bonds is 5. The predicted octanol–water partition coefficient (Wildman–Crippen LogP) is 0.937. The molecule has 0 radical (unpaired) electrons. The lowest BCUT2D eigenvalue weighted by molar-refractivity contribution is 0.0697. The van der Waals surface area contributed by atoms with Gasteiger partial charge in [-0.2, -0.15) is 0 Å². The number of hydrogen-bond donors (Lipinski definition) is 4. The van der Waals surface area contributed by atoms with Crippen LogP contribution in [-0.4, -0.2) is 51.9 Å². The second-order valence-electron chi connectivity index (χ2n) is 3.77. The number of phenolic OH excluding ortho intramolecular Hbond substituents is 1. The van der Waals surface area contributed by atoms with Crippen molar-refractivity contribution in [2.24, 2.45) is 0 Å². The number of benzene rings is 1. The molecule has 0 fully saturated rings. The number of phenols is 1. The molecule has 1 aromatic carbocycles. The molecule has 0 saturated carbocycles. The summed E-state index contributed by atoms with van der Waals surface area (Å²) < 4.78 is 0. The third-order valence-electron chi connectivity index (χ3n) is 2.51. The molecule has 0 atom stereocenters. The van der Waals surface area contributed by atoms with Crippen molar-refractivity contribution in [2.75, 3.05) is 25.0 Å². The van der Waals surface area contributed by atoms with Crippen LogP contribution < -0.4 is 5.32 Å². The molecule has 0 aliphatic rings. The second kappa shape index (κ2) is 6.60. The summed E-state index contributed by atoms with van der Waals surface area (Å²) in [7, 11) is 0. The maximum atomic E-state index is 11.8. The third-order valence-corrected chi connectivity index (χ3v) is 2.51. The van der Waals surface area contributed by atoms with Gasteiger partial charge < -0.3 is 25.5 Å². The largest absolute Gasteiger partial charge is 0.508 e. The van der Waals surface area contributed by atoms with Crippen LogP contribution in [0.2, 0.25) is 0 Å². The van der Waals surface area contributed by atoms with Gasteiger partial charge in [0.25, 0.3) is 0 Å². The Labute approximate surface area is 110 Å². The number of nitrogens with zero attached hydrogens (tertiary/aromatic N) is 1. The van der Waals surface area contributed by atoms with E-state index in [9.17, 15) is 14.7 Å². The fourth-order valence-corrected chi connectivity index (χ4v) is 1.54. The Balaban J connectivity index is 2.92. The van der Waals surface area contributed by atoms with Gasteiger partial charge in [0.05, 0.1) is 17.9 Å². The maximum absolute atomic E-state index is 11.8. The molecular weight excluding hydrogens is 252 g/mol. The van der Waals surface area contributed by atoms with Crippen molar-refractivity contribution in [3.8, 4) is 5.75 Å². The molecule has 0 aromatic heterocycles. The third kappa shape index (κ3) is 3.85. The van der Waals surface area contributed by atoms with E-state index < -0.39 is 12.0 Å². The molecule has 2 amide bonds. The Kier molecular flexibility index (Phi) is 5.13. The summed E-state index contributed by atoms with van der Waals surface area (Å²) >= 11 is 0. The fraction of sp³-hybridized carbons (Fsp3) is 0.333. The monoisotopic (exact) mass is 268 g/mol. The number of carbonyl (C=O) groups excluding carboxylic acids is 1. The van der Waals surface area contributed by atoms with Crippen LogP contribution in [0.5, 0.6) is 5.75 Å². The molecule has 0 aliphatic heterocycles. The van der Waals surface area contributed by atoms with E-state index in [1.54, 1.807) is 6.92 Å². The van der Waals surface area contributed by atoms with Crippen molar-refractivity contribution in [2.45, 2.75) is 6.92 Å². The zero-order valence-electron chi connectivity index (χ0n) is 10.5. The SMILES string of the molecule is CCN(CCO)C(=O)Nc1ccc(O)cc1C(=O)O. The van der Waals surface area contributed by atoms with Crippen LogP contribution in [0.25, 0.3) is 0 Å². The average Bonchev–Trinajstić information content (AvgIpc) is 2.37. The Morgan fingerprint density at radius 3 is 2.58 bits per heavy atom. The van der Waals surface area contributed by atoms with Crippen molar-refractivity contribution in [1.82, 2.24) is 4.90 Å². The van der Waals surface area contributed by atoms with Crippen LogP contribution in [-0.2, 0) is 0 Å². The summed E-state index contributed by atoms with van der Waals surface area (Å²) in [5.74, 6) is -1.45. The van der Waals surface area contributed by atoms with Crippen molar-refractivity contribution in [3.63, 3.8) is 0 Å². The lowest BCUT2D eigenvalue weighted by Gasteiger charge is -2.20. The number of urea groups is 1. The molecular formula is C12H16N2O5. The van der Waals surface area contributed by atoms with E-state index in [0.717, 1.165) is 6.07 Å². The average molecular weight is 268 g/mol. The number of aromatic carboxylic acids is 1. The van der Waals surface area contributed by atoms with Crippen LogP contribution in [0.4, 0.5) is 10.5 Å². The molecule has 19 heavy (non-hydrogen) atoms. The summed E-state index contributed by atoms with van der Waals surface area (Å²) in [5.41, 5.74) is -0.111. The summed E-state index contributed by atoms with van der Waals surface area (Å²) in [5, 5.41) is 29.5. The highest BCUT2D eigenvalue weighted by atomic mass is 16.4. The Morgan fingerprint density at radius 2 is 2.05 bits per heavy atom.